The lowest BCUT2D eigenvalue weighted by molar-refractivity contribution is 0.724. The first-order valence-corrected chi connectivity index (χ1v) is 6.46. The Morgan fingerprint density at radius 3 is 2.56 bits per heavy atom. The zero-order valence-corrected chi connectivity index (χ0v) is 11.4. The van der Waals surface area contributed by atoms with Gasteiger partial charge in [0.1, 0.15) is 0 Å². The topological polar surface area (TPSA) is 29.9 Å². The van der Waals surface area contributed by atoms with Crippen molar-refractivity contribution >= 4 is 0 Å². The Hall–Kier alpha value is -1.61. The summed E-state index contributed by atoms with van der Waals surface area (Å²) >= 11 is 0. The van der Waals surface area contributed by atoms with Gasteiger partial charge in [-0.3, -0.25) is 0 Å². The Bertz CT molecular complexity index is 494. The largest absolute Gasteiger partial charge is 0.320 e. The zero-order valence-electron chi connectivity index (χ0n) is 11.4. The van der Waals surface area contributed by atoms with Gasteiger partial charge in [0.05, 0.1) is 11.9 Å². The normalized spacial score (nSPS) is 10.8. The fraction of sp³-hybridized carbons (Fsp3) is 0.400. The maximum Gasteiger partial charge on any atom is 0.0650 e. The molecule has 0 bridgehead atoms. The predicted molar refractivity (Wildman–Crippen MR) is 75.3 cm³/mol. The van der Waals surface area contributed by atoms with Crippen molar-refractivity contribution in [2.45, 2.75) is 26.7 Å². The molecule has 0 unspecified atom stereocenters. The molecule has 0 fully saturated rings. The van der Waals surface area contributed by atoms with Crippen LogP contribution in [0.5, 0.6) is 0 Å². The molecule has 0 saturated heterocycles. The number of rotatable bonds is 5. The monoisotopic (exact) mass is 243 g/mol. The quantitative estimate of drug-likeness (QED) is 0.818. The number of aryl methyl sites for hydroxylation is 3. The van der Waals surface area contributed by atoms with E-state index in [0.717, 1.165) is 25.1 Å². The van der Waals surface area contributed by atoms with E-state index < -0.39 is 0 Å². The average molecular weight is 243 g/mol. The maximum atomic E-state index is 4.44. The van der Waals surface area contributed by atoms with Crippen LogP contribution in [0, 0.1) is 13.8 Å². The van der Waals surface area contributed by atoms with E-state index in [2.05, 4.69) is 48.7 Å². The van der Waals surface area contributed by atoms with Crippen molar-refractivity contribution in [2.24, 2.45) is 0 Å². The van der Waals surface area contributed by atoms with E-state index >= 15 is 0 Å². The summed E-state index contributed by atoms with van der Waals surface area (Å²) in [6, 6.07) is 6.51. The molecule has 1 N–H and O–H groups in total. The molecule has 0 aliphatic rings. The van der Waals surface area contributed by atoms with Gasteiger partial charge in [0.15, 0.2) is 0 Å². The van der Waals surface area contributed by atoms with Crippen molar-refractivity contribution in [2.75, 3.05) is 13.6 Å². The zero-order chi connectivity index (χ0) is 13.0. The minimum absolute atomic E-state index is 1.05. The molecule has 3 nitrogen and oxygen atoms in total. The van der Waals surface area contributed by atoms with Crippen LogP contribution >= 0.6 is 0 Å². The van der Waals surface area contributed by atoms with Crippen LogP contribution in [0.4, 0.5) is 0 Å². The fourth-order valence-corrected chi connectivity index (χ4v) is 2.18. The predicted octanol–water partition coefficient (Wildman–Crippen LogP) is 2.64. The van der Waals surface area contributed by atoms with E-state index in [1.54, 1.807) is 0 Å². The second-order valence-corrected chi connectivity index (χ2v) is 4.85. The molecule has 0 spiro atoms. The molecule has 1 aromatic carbocycles. The fourth-order valence-electron chi connectivity index (χ4n) is 2.18. The van der Waals surface area contributed by atoms with Crippen LogP contribution in [0.2, 0.25) is 0 Å². The van der Waals surface area contributed by atoms with E-state index in [0.29, 0.717) is 0 Å². The smallest absolute Gasteiger partial charge is 0.0650 e. The number of aromatic nitrogens is 2. The molecule has 3 heteroatoms. The van der Waals surface area contributed by atoms with Crippen molar-refractivity contribution < 1.29 is 0 Å². The summed E-state index contributed by atoms with van der Waals surface area (Å²) in [4.78, 5) is 0. The van der Waals surface area contributed by atoms with Crippen molar-refractivity contribution in [1.29, 1.82) is 0 Å². The van der Waals surface area contributed by atoms with Crippen LogP contribution in [0.25, 0.3) is 5.69 Å². The van der Waals surface area contributed by atoms with Gasteiger partial charge in [-0.15, -0.1) is 0 Å². The Labute approximate surface area is 109 Å². The van der Waals surface area contributed by atoms with E-state index in [1.807, 2.05) is 17.9 Å². The summed E-state index contributed by atoms with van der Waals surface area (Å²) in [7, 11) is 1.99. The van der Waals surface area contributed by atoms with Gasteiger partial charge in [-0.2, -0.15) is 5.10 Å². The summed E-state index contributed by atoms with van der Waals surface area (Å²) in [6.07, 6.45) is 6.32. The molecule has 18 heavy (non-hydrogen) atoms. The number of nitrogens with one attached hydrogen (secondary N) is 1. The van der Waals surface area contributed by atoms with E-state index in [1.165, 1.54) is 16.7 Å². The summed E-state index contributed by atoms with van der Waals surface area (Å²) < 4.78 is 1.97. The van der Waals surface area contributed by atoms with Crippen molar-refractivity contribution in [3.63, 3.8) is 0 Å². The lowest BCUT2D eigenvalue weighted by atomic mass is 10.1. The third kappa shape index (κ3) is 3.20. The SMILES string of the molecule is CNCCCc1cnn(-c2cc(C)cc(C)c2)c1. The molecule has 2 aromatic rings. The van der Waals surface area contributed by atoms with Crippen LogP contribution in [0.3, 0.4) is 0 Å². The highest BCUT2D eigenvalue weighted by atomic mass is 15.3. The maximum absolute atomic E-state index is 4.44. The number of hydrogen-bond donors (Lipinski definition) is 1. The lowest BCUT2D eigenvalue weighted by Crippen LogP contribution is -2.08. The summed E-state index contributed by atoms with van der Waals surface area (Å²) in [6.45, 7) is 5.29. The first-order valence-electron chi connectivity index (χ1n) is 6.46. The Morgan fingerprint density at radius 1 is 1.17 bits per heavy atom. The van der Waals surface area contributed by atoms with Crippen molar-refractivity contribution in [3.8, 4) is 5.69 Å². The second-order valence-electron chi connectivity index (χ2n) is 4.85. The Morgan fingerprint density at radius 2 is 1.89 bits per heavy atom. The van der Waals surface area contributed by atoms with Crippen LogP contribution in [0.1, 0.15) is 23.1 Å². The van der Waals surface area contributed by atoms with E-state index in [-0.39, 0.29) is 0 Å². The highest BCUT2D eigenvalue weighted by Crippen LogP contribution is 2.14. The Balaban J connectivity index is 2.13. The molecule has 0 aliphatic heterocycles. The number of hydrogen-bond acceptors (Lipinski definition) is 2. The van der Waals surface area contributed by atoms with Crippen LogP contribution in [-0.4, -0.2) is 23.4 Å². The van der Waals surface area contributed by atoms with Crippen LogP contribution in [0.15, 0.2) is 30.6 Å². The van der Waals surface area contributed by atoms with Crippen molar-refractivity contribution in [3.05, 3.63) is 47.3 Å². The van der Waals surface area contributed by atoms with E-state index in [9.17, 15) is 0 Å². The van der Waals surface area contributed by atoms with Gasteiger partial charge >= 0.3 is 0 Å². The molecule has 2 rings (SSSR count). The molecular weight excluding hydrogens is 222 g/mol. The minimum atomic E-state index is 1.05. The van der Waals surface area contributed by atoms with Gasteiger partial charge in [-0.1, -0.05) is 6.07 Å². The standard InChI is InChI=1S/C15H21N3/c1-12-7-13(2)9-15(8-12)18-11-14(10-17-18)5-4-6-16-3/h7-11,16H,4-6H2,1-3H3. The molecule has 0 atom stereocenters. The first-order chi connectivity index (χ1) is 8.69. The van der Waals surface area contributed by atoms with Crippen LogP contribution < -0.4 is 5.32 Å². The van der Waals surface area contributed by atoms with E-state index in [4.69, 9.17) is 0 Å². The van der Waals surface area contributed by atoms with Gasteiger partial charge < -0.3 is 5.32 Å². The molecule has 0 aliphatic carbocycles. The Kier molecular flexibility index (Phi) is 4.15. The van der Waals surface area contributed by atoms with Gasteiger partial charge in [0.25, 0.3) is 0 Å². The number of benzene rings is 1. The highest BCUT2D eigenvalue weighted by Gasteiger charge is 2.02. The van der Waals surface area contributed by atoms with Gasteiger partial charge in [0.2, 0.25) is 0 Å². The van der Waals surface area contributed by atoms with Gasteiger partial charge in [-0.25, -0.2) is 4.68 Å². The van der Waals surface area contributed by atoms with Crippen molar-refractivity contribution in [1.82, 2.24) is 15.1 Å². The number of nitrogens with zero attached hydrogens (tertiary/aromatic N) is 2. The molecular formula is C15H21N3. The first kappa shape index (κ1) is 12.8. The lowest BCUT2D eigenvalue weighted by Gasteiger charge is -2.04. The summed E-state index contributed by atoms with van der Waals surface area (Å²) in [5.41, 5.74) is 4.99. The molecule has 0 radical (unpaired) electrons. The summed E-state index contributed by atoms with van der Waals surface area (Å²) in [5, 5.41) is 7.61. The van der Waals surface area contributed by atoms with Gasteiger partial charge in [0, 0.05) is 6.20 Å². The molecule has 0 amide bonds. The molecule has 96 valence electrons. The highest BCUT2D eigenvalue weighted by molar-refractivity contribution is 5.39. The van der Waals surface area contributed by atoms with Crippen LogP contribution in [-0.2, 0) is 6.42 Å². The average Bonchev–Trinajstić information content (AvgIpc) is 2.77. The minimum Gasteiger partial charge on any atom is -0.320 e. The van der Waals surface area contributed by atoms with Gasteiger partial charge in [-0.05, 0) is 69.1 Å². The molecule has 1 aromatic heterocycles. The summed E-state index contributed by atoms with van der Waals surface area (Å²) in [5.74, 6) is 0. The molecule has 0 saturated carbocycles. The third-order valence-electron chi connectivity index (χ3n) is 3.00. The second kappa shape index (κ2) is 5.83. The molecule has 1 heterocycles. The third-order valence-corrected chi connectivity index (χ3v) is 3.00.